The first-order chi connectivity index (χ1) is 8.27. The van der Waals surface area contributed by atoms with Crippen LogP contribution < -0.4 is 5.73 Å². The van der Waals surface area contributed by atoms with Crippen molar-refractivity contribution in [2.75, 3.05) is 33.8 Å². The van der Waals surface area contributed by atoms with E-state index in [-0.39, 0.29) is 24.1 Å². The number of likely N-dealkylation sites (N-methyl/N-ethyl adjacent to an activating group) is 2. The van der Waals surface area contributed by atoms with Gasteiger partial charge < -0.3 is 15.7 Å². The Morgan fingerprint density at radius 1 is 1.44 bits per heavy atom. The van der Waals surface area contributed by atoms with Crippen molar-refractivity contribution in [3.63, 3.8) is 0 Å². The number of aliphatic hydroxyl groups is 1. The molecule has 1 aliphatic heterocycles. The van der Waals surface area contributed by atoms with Crippen LogP contribution in [-0.2, 0) is 0 Å². The van der Waals surface area contributed by atoms with Crippen LogP contribution in [0.25, 0.3) is 0 Å². The fourth-order valence-electron chi connectivity index (χ4n) is 2.78. The van der Waals surface area contributed by atoms with Gasteiger partial charge in [-0.15, -0.1) is 0 Å². The SMILES string of the molecule is CN1CCCC1CN(C)C(CO)C(N)C(C)(C)C. The van der Waals surface area contributed by atoms with Gasteiger partial charge in [0.05, 0.1) is 6.61 Å². The smallest absolute Gasteiger partial charge is 0.0602 e. The topological polar surface area (TPSA) is 52.7 Å². The molecule has 1 heterocycles. The summed E-state index contributed by atoms with van der Waals surface area (Å²) >= 11 is 0. The van der Waals surface area contributed by atoms with Crippen molar-refractivity contribution in [3.8, 4) is 0 Å². The van der Waals surface area contributed by atoms with Crippen LogP contribution in [0.15, 0.2) is 0 Å². The van der Waals surface area contributed by atoms with E-state index in [9.17, 15) is 5.11 Å². The van der Waals surface area contributed by atoms with E-state index in [0.29, 0.717) is 6.04 Å². The van der Waals surface area contributed by atoms with Crippen LogP contribution in [0.2, 0.25) is 0 Å². The molecule has 1 aliphatic rings. The van der Waals surface area contributed by atoms with E-state index >= 15 is 0 Å². The molecule has 0 aromatic rings. The Labute approximate surface area is 112 Å². The molecule has 0 radical (unpaired) electrons. The number of nitrogens with two attached hydrogens (primary N) is 1. The molecule has 4 nitrogen and oxygen atoms in total. The molecule has 1 rings (SSSR count). The van der Waals surface area contributed by atoms with Crippen molar-refractivity contribution < 1.29 is 5.11 Å². The number of likely N-dealkylation sites (tertiary alicyclic amines) is 1. The minimum atomic E-state index is -0.0146. The summed E-state index contributed by atoms with van der Waals surface area (Å²) in [6, 6.07) is 0.634. The molecular weight excluding hydrogens is 226 g/mol. The second-order valence-corrected chi connectivity index (χ2v) is 6.86. The first kappa shape index (κ1) is 15.9. The van der Waals surface area contributed by atoms with Crippen LogP contribution in [0.3, 0.4) is 0 Å². The zero-order valence-corrected chi connectivity index (χ0v) is 12.7. The van der Waals surface area contributed by atoms with Gasteiger partial charge in [-0.3, -0.25) is 4.90 Å². The lowest BCUT2D eigenvalue weighted by Crippen LogP contribution is -2.56. The maximum absolute atomic E-state index is 9.63. The van der Waals surface area contributed by atoms with E-state index in [2.05, 4.69) is 44.7 Å². The van der Waals surface area contributed by atoms with Gasteiger partial charge in [-0.05, 0) is 38.9 Å². The van der Waals surface area contributed by atoms with Gasteiger partial charge in [-0.1, -0.05) is 20.8 Å². The van der Waals surface area contributed by atoms with Gasteiger partial charge in [0.25, 0.3) is 0 Å². The monoisotopic (exact) mass is 257 g/mol. The predicted molar refractivity (Wildman–Crippen MR) is 76.6 cm³/mol. The zero-order valence-electron chi connectivity index (χ0n) is 12.7. The highest BCUT2D eigenvalue weighted by atomic mass is 16.3. The van der Waals surface area contributed by atoms with Gasteiger partial charge in [0.1, 0.15) is 0 Å². The Morgan fingerprint density at radius 2 is 2.06 bits per heavy atom. The highest BCUT2D eigenvalue weighted by Crippen LogP contribution is 2.23. The fourth-order valence-corrected chi connectivity index (χ4v) is 2.78. The first-order valence-corrected chi connectivity index (χ1v) is 7.04. The van der Waals surface area contributed by atoms with Crippen molar-refractivity contribution in [1.29, 1.82) is 0 Å². The number of nitrogens with zero attached hydrogens (tertiary/aromatic N) is 2. The average Bonchev–Trinajstić information content (AvgIpc) is 2.64. The Morgan fingerprint density at radius 3 is 2.44 bits per heavy atom. The molecule has 0 saturated carbocycles. The average molecular weight is 257 g/mol. The lowest BCUT2D eigenvalue weighted by molar-refractivity contribution is 0.0736. The van der Waals surface area contributed by atoms with Crippen molar-refractivity contribution in [1.82, 2.24) is 9.80 Å². The standard InChI is InChI=1S/C14H31N3O/c1-14(2,3)13(15)12(10-18)17(5)9-11-7-6-8-16(11)4/h11-13,18H,6-10,15H2,1-5H3. The Kier molecular flexibility index (Phi) is 5.59. The van der Waals surface area contributed by atoms with E-state index in [4.69, 9.17) is 5.73 Å². The van der Waals surface area contributed by atoms with Crippen molar-refractivity contribution >= 4 is 0 Å². The van der Waals surface area contributed by atoms with Crippen LogP contribution >= 0.6 is 0 Å². The molecule has 4 heteroatoms. The molecule has 108 valence electrons. The maximum Gasteiger partial charge on any atom is 0.0602 e. The van der Waals surface area contributed by atoms with Gasteiger partial charge in [0.15, 0.2) is 0 Å². The molecule has 0 spiro atoms. The van der Waals surface area contributed by atoms with E-state index in [1.165, 1.54) is 19.4 Å². The molecule has 0 amide bonds. The van der Waals surface area contributed by atoms with Crippen molar-refractivity contribution in [3.05, 3.63) is 0 Å². The number of rotatable bonds is 5. The minimum absolute atomic E-state index is 0.0146. The van der Waals surface area contributed by atoms with Gasteiger partial charge in [-0.25, -0.2) is 0 Å². The summed E-state index contributed by atoms with van der Waals surface area (Å²) in [6.07, 6.45) is 2.54. The lowest BCUT2D eigenvalue weighted by Gasteiger charge is -2.40. The quantitative estimate of drug-likeness (QED) is 0.763. The highest BCUT2D eigenvalue weighted by molar-refractivity contribution is 4.90. The predicted octanol–water partition coefficient (Wildman–Crippen LogP) is 0.747. The van der Waals surface area contributed by atoms with Gasteiger partial charge >= 0.3 is 0 Å². The second kappa shape index (κ2) is 6.33. The lowest BCUT2D eigenvalue weighted by atomic mass is 9.82. The normalized spacial score (nSPS) is 25.7. The fraction of sp³-hybridized carbons (Fsp3) is 1.00. The Balaban J connectivity index is 2.59. The third-order valence-corrected chi connectivity index (χ3v) is 4.34. The summed E-state index contributed by atoms with van der Waals surface area (Å²) in [6.45, 7) is 8.71. The van der Waals surface area contributed by atoms with Crippen LogP contribution in [0.5, 0.6) is 0 Å². The van der Waals surface area contributed by atoms with Crippen molar-refractivity contribution in [2.24, 2.45) is 11.1 Å². The molecule has 0 aromatic carbocycles. The van der Waals surface area contributed by atoms with E-state index in [0.717, 1.165) is 6.54 Å². The summed E-state index contributed by atoms with van der Waals surface area (Å²) in [5, 5.41) is 9.63. The van der Waals surface area contributed by atoms with Gasteiger partial charge in [0.2, 0.25) is 0 Å². The molecule has 0 aliphatic carbocycles. The van der Waals surface area contributed by atoms with Crippen LogP contribution in [0, 0.1) is 5.41 Å². The summed E-state index contributed by atoms with van der Waals surface area (Å²) < 4.78 is 0. The number of aliphatic hydroxyl groups excluding tert-OH is 1. The number of hydrogen-bond acceptors (Lipinski definition) is 4. The Bertz CT molecular complexity index is 252. The van der Waals surface area contributed by atoms with E-state index in [1.807, 2.05) is 0 Å². The van der Waals surface area contributed by atoms with Crippen LogP contribution in [0.1, 0.15) is 33.6 Å². The molecule has 1 saturated heterocycles. The largest absolute Gasteiger partial charge is 0.395 e. The summed E-state index contributed by atoms with van der Waals surface area (Å²) in [4.78, 5) is 4.65. The summed E-state index contributed by atoms with van der Waals surface area (Å²) in [5.41, 5.74) is 6.32. The minimum Gasteiger partial charge on any atom is -0.395 e. The zero-order chi connectivity index (χ0) is 13.9. The molecule has 3 atom stereocenters. The van der Waals surface area contributed by atoms with Gasteiger partial charge in [0, 0.05) is 24.7 Å². The first-order valence-electron chi connectivity index (χ1n) is 7.04. The Hall–Kier alpha value is -0.160. The molecule has 1 fully saturated rings. The molecular formula is C14H31N3O. The second-order valence-electron chi connectivity index (χ2n) is 6.86. The van der Waals surface area contributed by atoms with Crippen molar-refractivity contribution in [2.45, 2.75) is 51.7 Å². The van der Waals surface area contributed by atoms with Crippen LogP contribution in [0.4, 0.5) is 0 Å². The molecule has 3 N–H and O–H groups in total. The molecule has 18 heavy (non-hydrogen) atoms. The number of hydrogen-bond donors (Lipinski definition) is 2. The van der Waals surface area contributed by atoms with Crippen LogP contribution in [-0.4, -0.2) is 66.8 Å². The van der Waals surface area contributed by atoms with E-state index in [1.54, 1.807) is 0 Å². The highest BCUT2D eigenvalue weighted by Gasteiger charge is 2.33. The van der Waals surface area contributed by atoms with E-state index < -0.39 is 0 Å². The third-order valence-electron chi connectivity index (χ3n) is 4.34. The maximum atomic E-state index is 9.63. The van der Waals surface area contributed by atoms with Gasteiger partial charge in [-0.2, -0.15) is 0 Å². The molecule has 0 aromatic heterocycles. The third kappa shape index (κ3) is 3.92. The molecule has 3 unspecified atom stereocenters. The summed E-state index contributed by atoms with van der Waals surface area (Å²) in [7, 11) is 4.27. The molecule has 0 bridgehead atoms. The summed E-state index contributed by atoms with van der Waals surface area (Å²) in [5.74, 6) is 0.